The number of sulfonamides is 1. The highest BCUT2D eigenvalue weighted by Crippen LogP contribution is 2.29. The number of aryl methyl sites for hydroxylation is 1. The molecule has 0 heterocycles. The van der Waals surface area contributed by atoms with Gasteiger partial charge < -0.3 is 10.1 Å². The molecular formula is C26H29ClN2O4S. The molecule has 3 aromatic rings. The van der Waals surface area contributed by atoms with Crippen LogP contribution < -0.4 is 14.8 Å². The molecule has 0 aromatic heterocycles. The lowest BCUT2D eigenvalue weighted by atomic mass is 9.98. The second-order valence-electron chi connectivity index (χ2n) is 8.38. The first-order valence-electron chi connectivity index (χ1n) is 11.0. The molecule has 6 nitrogen and oxygen atoms in total. The van der Waals surface area contributed by atoms with Crippen LogP contribution in [0.2, 0.25) is 5.02 Å². The van der Waals surface area contributed by atoms with Gasteiger partial charge in [0, 0.05) is 11.7 Å². The summed E-state index contributed by atoms with van der Waals surface area (Å²) in [7, 11) is -3.81. The summed E-state index contributed by atoms with van der Waals surface area (Å²) in [4.78, 5) is 12.5. The van der Waals surface area contributed by atoms with Crippen LogP contribution in [-0.4, -0.2) is 20.9 Å². The molecule has 0 saturated carbocycles. The van der Waals surface area contributed by atoms with E-state index in [0.29, 0.717) is 0 Å². The molecule has 8 heteroatoms. The molecule has 34 heavy (non-hydrogen) atoms. The van der Waals surface area contributed by atoms with Gasteiger partial charge in [0.05, 0.1) is 9.92 Å². The van der Waals surface area contributed by atoms with Crippen molar-refractivity contribution in [1.82, 2.24) is 4.72 Å². The molecule has 0 fully saturated rings. The van der Waals surface area contributed by atoms with Crippen LogP contribution in [0.5, 0.6) is 5.75 Å². The van der Waals surface area contributed by atoms with Crippen LogP contribution in [0.1, 0.15) is 49.4 Å². The summed E-state index contributed by atoms with van der Waals surface area (Å²) in [5, 5.41) is 3.01. The van der Waals surface area contributed by atoms with Crippen LogP contribution in [0, 0.1) is 6.92 Å². The van der Waals surface area contributed by atoms with Gasteiger partial charge in [-0.3, -0.25) is 4.79 Å². The van der Waals surface area contributed by atoms with E-state index in [0.717, 1.165) is 22.4 Å². The number of hydrogen-bond acceptors (Lipinski definition) is 4. The molecule has 1 atom stereocenters. The van der Waals surface area contributed by atoms with Gasteiger partial charge in [0.2, 0.25) is 10.0 Å². The molecule has 0 aliphatic heterocycles. The van der Waals surface area contributed by atoms with Gasteiger partial charge in [0.1, 0.15) is 5.75 Å². The van der Waals surface area contributed by atoms with Gasteiger partial charge in [-0.05, 0) is 54.7 Å². The van der Waals surface area contributed by atoms with Gasteiger partial charge in [-0.2, -0.15) is 0 Å². The van der Waals surface area contributed by atoms with E-state index in [1.807, 2.05) is 55.5 Å². The third-order valence-corrected chi connectivity index (χ3v) is 7.23. The minimum absolute atomic E-state index is 0.0126. The second kappa shape index (κ2) is 11.0. The van der Waals surface area contributed by atoms with E-state index in [1.54, 1.807) is 6.92 Å². The highest BCUT2D eigenvalue weighted by molar-refractivity contribution is 7.89. The normalized spacial score (nSPS) is 12.4. The Balaban J connectivity index is 1.66. The van der Waals surface area contributed by atoms with Gasteiger partial charge in [-0.25, -0.2) is 13.1 Å². The number of para-hydroxylation sites is 1. The molecule has 0 bridgehead atoms. The van der Waals surface area contributed by atoms with Crippen LogP contribution in [0.15, 0.2) is 71.6 Å². The van der Waals surface area contributed by atoms with Crippen molar-refractivity contribution in [3.05, 3.63) is 88.4 Å². The average molecular weight is 501 g/mol. The molecule has 1 amide bonds. The first kappa shape index (κ1) is 25.7. The second-order valence-corrected chi connectivity index (χ2v) is 10.5. The number of ether oxygens (including phenoxy) is 1. The van der Waals surface area contributed by atoms with Crippen molar-refractivity contribution in [3.8, 4) is 5.75 Å². The SMILES string of the molecule is Cc1cccc(C(C)C)c1NC(=O)COc1ccc(S(=O)(=O)N[C@@H](C)c2ccccc2)cc1Cl. The van der Waals surface area contributed by atoms with E-state index < -0.39 is 16.1 Å². The number of nitrogens with one attached hydrogen (secondary N) is 2. The van der Waals surface area contributed by atoms with E-state index in [2.05, 4.69) is 23.9 Å². The van der Waals surface area contributed by atoms with Gasteiger partial charge >= 0.3 is 0 Å². The zero-order valence-electron chi connectivity index (χ0n) is 19.6. The maximum absolute atomic E-state index is 12.8. The number of carbonyl (C=O) groups excluding carboxylic acids is 1. The fourth-order valence-electron chi connectivity index (χ4n) is 3.54. The van der Waals surface area contributed by atoms with Crippen molar-refractivity contribution in [2.24, 2.45) is 0 Å². The smallest absolute Gasteiger partial charge is 0.262 e. The van der Waals surface area contributed by atoms with E-state index in [9.17, 15) is 13.2 Å². The Morgan fingerprint density at radius 1 is 1.00 bits per heavy atom. The molecule has 0 saturated heterocycles. The molecule has 0 radical (unpaired) electrons. The number of benzene rings is 3. The van der Waals surface area contributed by atoms with Crippen LogP contribution in [0.3, 0.4) is 0 Å². The van der Waals surface area contributed by atoms with Gasteiger partial charge in [0.15, 0.2) is 6.61 Å². The van der Waals surface area contributed by atoms with E-state index in [-0.39, 0.29) is 34.1 Å². The molecule has 3 rings (SSSR count). The minimum atomic E-state index is -3.81. The largest absolute Gasteiger partial charge is 0.482 e. The third kappa shape index (κ3) is 6.38. The Hall–Kier alpha value is -2.87. The quantitative estimate of drug-likeness (QED) is 0.387. The van der Waals surface area contributed by atoms with Crippen molar-refractivity contribution in [3.63, 3.8) is 0 Å². The first-order chi connectivity index (χ1) is 16.1. The van der Waals surface area contributed by atoms with Crippen LogP contribution in [0.25, 0.3) is 0 Å². The zero-order valence-corrected chi connectivity index (χ0v) is 21.2. The highest BCUT2D eigenvalue weighted by Gasteiger charge is 2.20. The summed E-state index contributed by atoms with van der Waals surface area (Å²) in [6, 6.07) is 18.9. The summed E-state index contributed by atoms with van der Waals surface area (Å²) < 4.78 is 33.8. The number of rotatable bonds is 9. The summed E-state index contributed by atoms with van der Waals surface area (Å²) in [5.41, 5.74) is 3.62. The lowest BCUT2D eigenvalue weighted by Gasteiger charge is -2.17. The van der Waals surface area contributed by atoms with E-state index >= 15 is 0 Å². The number of carbonyl (C=O) groups is 1. The minimum Gasteiger partial charge on any atom is -0.482 e. The van der Waals surface area contributed by atoms with Gasteiger partial charge in [-0.15, -0.1) is 0 Å². The lowest BCUT2D eigenvalue weighted by Crippen LogP contribution is -2.27. The van der Waals surface area contributed by atoms with Crippen molar-refractivity contribution in [2.45, 2.75) is 44.6 Å². The predicted octanol–water partition coefficient (Wildman–Crippen LogP) is 5.83. The summed E-state index contributed by atoms with van der Waals surface area (Å²) in [6.07, 6.45) is 0. The number of halogens is 1. The fraction of sp³-hybridized carbons (Fsp3) is 0.269. The van der Waals surface area contributed by atoms with Crippen molar-refractivity contribution in [2.75, 3.05) is 11.9 Å². The number of hydrogen-bond donors (Lipinski definition) is 2. The topological polar surface area (TPSA) is 84.5 Å². The standard InChI is InChI=1S/C26H29ClN2O4S/c1-17(2)22-12-8-9-18(3)26(22)28-25(30)16-33-24-14-13-21(15-23(24)27)34(31,32)29-19(4)20-10-6-5-7-11-20/h5-15,17,19,29H,16H2,1-4H3,(H,28,30)/t19-/m0/s1. The zero-order chi connectivity index (χ0) is 24.9. The number of anilines is 1. The molecule has 2 N–H and O–H groups in total. The van der Waals surface area contributed by atoms with Crippen LogP contribution >= 0.6 is 11.6 Å². The monoisotopic (exact) mass is 500 g/mol. The Labute approximate surface area is 206 Å². The Bertz CT molecular complexity index is 1260. The predicted molar refractivity (Wildman–Crippen MR) is 136 cm³/mol. The fourth-order valence-corrected chi connectivity index (χ4v) is 5.10. The lowest BCUT2D eigenvalue weighted by molar-refractivity contribution is -0.118. The molecule has 0 spiro atoms. The summed E-state index contributed by atoms with van der Waals surface area (Å²) in [6.45, 7) is 7.56. The molecular weight excluding hydrogens is 472 g/mol. The Morgan fingerprint density at radius 3 is 2.35 bits per heavy atom. The third-order valence-electron chi connectivity index (χ3n) is 5.40. The Kier molecular flexibility index (Phi) is 8.36. The average Bonchev–Trinajstić information content (AvgIpc) is 2.79. The van der Waals surface area contributed by atoms with E-state index in [1.165, 1.54) is 18.2 Å². The summed E-state index contributed by atoms with van der Waals surface area (Å²) >= 11 is 6.28. The van der Waals surface area contributed by atoms with Gasteiger partial charge in [0.25, 0.3) is 5.91 Å². The highest BCUT2D eigenvalue weighted by atomic mass is 35.5. The molecule has 0 aliphatic carbocycles. The molecule has 180 valence electrons. The molecule has 3 aromatic carbocycles. The maximum atomic E-state index is 12.8. The van der Waals surface area contributed by atoms with Crippen molar-refractivity contribution in [1.29, 1.82) is 0 Å². The van der Waals surface area contributed by atoms with Crippen molar-refractivity contribution < 1.29 is 17.9 Å². The van der Waals surface area contributed by atoms with E-state index in [4.69, 9.17) is 16.3 Å². The first-order valence-corrected chi connectivity index (χ1v) is 12.8. The molecule has 0 aliphatic rings. The Morgan fingerprint density at radius 2 is 1.71 bits per heavy atom. The molecule has 0 unspecified atom stereocenters. The van der Waals surface area contributed by atoms with Crippen molar-refractivity contribution >= 4 is 33.2 Å². The van der Waals surface area contributed by atoms with Crippen LogP contribution in [-0.2, 0) is 14.8 Å². The maximum Gasteiger partial charge on any atom is 0.262 e. The van der Waals surface area contributed by atoms with Gasteiger partial charge in [-0.1, -0.05) is 74.0 Å². The van der Waals surface area contributed by atoms with Crippen LogP contribution in [0.4, 0.5) is 5.69 Å². The number of amides is 1. The summed E-state index contributed by atoms with van der Waals surface area (Å²) in [5.74, 6) is 0.140.